The first-order valence-electron chi connectivity index (χ1n) is 6.38. The molecule has 0 saturated heterocycles. The highest BCUT2D eigenvalue weighted by Gasteiger charge is 2.39. The standard InChI is InChI=1S/C13H12Cl2F6N2/c1-3-23(4-2)11(13(19,20)21)22-10-8(14)5-7(6-9(10)15)12(16,17)18/h5-6H,3-4H2,1-2H3/b22-11+. The molecule has 130 valence electrons. The maximum Gasteiger partial charge on any atom is 0.449 e. The quantitative estimate of drug-likeness (QED) is 0.359. The number of alkyl halides is 6. The predicted molar refractivity (Wildman–Crippen MR) is 77.5 cm³/mol. The third-order valence-corrected chi connectivity index (χ3v) is 3.45. The molecule has 0 aliphatic carbocycles. The van der Waals surface area contributed by atoms with E-state index in [1.165, 1.54) is 13.8 Å². The Balaban J connectivity index is 3.49. The Morgan fingerprint density at radius 3 is 1.74 bits per heavy atom. The fraction of sp³-hybridized carbons (Fsp3) is 0.462. The third kappa shape index (κ3) is 4.91. The lowest BCUT2D eigenvalue weighted by Crippen LogP contribution is -2.41. The van der Waals surface area contributed by atoms with E-state index in [1.807, 2.05) is 0 Å². The SMILES string of the molecule is CCN(CC)/C(=N/c1c(Cl)cc(C(F)(F)F)cc1Cl)C(F)(F)F. The zero-order chi connectivity index (χ0) is 18.0. The second-order valence-corrected chi connectivity index (χ2v) is 5.21. The minimum atomic E-state index is -4.80. The Morgan fingerprint density at radius 2 is 1.43 bits per heavy atom. The number of nitrogens with zero attached hydrogens (tertiary/aromatic N) is 2. The van der Waals surface area contributed by atoms with Gasteiger partial charge in [0.15, 0.2) is 0 Å². The first-order chi connectivity index (χ1) is 10.4. The van der Waals surface area contributed by atoms with E-state index in [0.29, 0.717) is 12.1 Å². The van der Waals surface area contributed by atoms with E-state index in [1.54, 1.807) is 0 Å². The van der Waals surface area contributed by atoms with Gasteiger partial charge in [0.2, 0.25) is 5.84 Å². The van der Waals surface area contributed by atoms with Crippen LogP contribution >= 0.6 is 23.2 Å². The Bertz CT molecular complexity index is 568. The minimum absolute atomic E-state index is 0.00468. The maximum atomic E-state index is 13.1. The summed E-state index contributed by atoms with van der Waals surface area (Å²) in [5, 5.41) is -1.22. The molecule has 10 heteroatoms. The van der Waals surface area contributed by atoms with Gasteiger partial charge in [0, 0.05) is 13.1 Å². The van der Waals surface area contributed by atoms with E-state index in [2.05, 4.69) is 4.99 Å². The van der Waals surface area contributed by atoms with E-state index >= 15 is 0 Å². The summed E-state index contributed by atoms with van der Waals surface area (Å²) in [6.45, 7) is 2.98. The summed E-state index contributed by atoms with van der Waals surface area (Å²) < 4.78 is 77.3. The summed E-state index contributed by atoms with van der Waals surface area (Å²) in [6, 6.07) is 0.977. The molecule has 0 bridgehead atoms. The van der Waals surface area contributed by atoms with Crippen molar-refractivity contribution in [1.82, 2.24) is 4.90 Å². The van der Waals surface area contributed by atoms with Crippen LogP contribution in [0, 0.1) is 0 Å². The van der Waals surface area contributed by atoms with E-state index in [-0.39, 0.29) is 13.1 Å². The van der Waals surface area contributed by atoms with Gasteiger partial charge in [-0.15, -0.1) is 0 Å². The molecular formula is C13H12Cl2F6N2. The van der Waals surface area contributed by atoms with Crippen molar-refractivity contribution in [3.63, 3.8) is 0 Å². The predicted octanol–water partition coefficient (Wildman–Crippen LogP) is 5.95. The summed E-state index contributed by atoms with van der Waals surface area (Å²) in [5.74, 6) is -1.27. The van der Waals surface area contributed by atoms with Gasteiger partial charge in [-0.25, -0.2) is 4.99 Å². The molecule has 23 heavy (non-hydrogen) atoms. The molecule has 0 amide bonds. The molecule has 0 aliphatic heterocycles. The van der Waals surface area contributed by atoms with E-state index in [0.717, 1.165) is 4.90 Å². The van der Waals surface area contributed by atoms with Crippen LogP contribution in [-0.4, -0.2) is 30.0 Å². The van der Waals surface area contributed by atoms with Crippen LogP contribution in [-0.2, 0) is 6.18 Å². The lowest BCUT2D eigenvalue weighted by Gasteiger charge is -2.24. The van der Waals surface area contributed by atoms with Crippen molar-refractivity contribution in [3.8, 4) is 0 Å². The van der Waals surface area contributed by atoms with Crippen LogP contribution in [0.5, 0.6) is 0 Å². The summed E-state index contributed by atoms with van der Waals surface area (Å²) in [7, 11) is 0. The largest absolute Gasteiger partial charge is 0.449 e. The molecule has 0 aliphatic rings. The van der Waals surface area contributed by atoms with Crippen molar-refractivity contribution < 1.29 is 26.3 Å². The van der Waals surface area contributed by atoms with Crippen LogP contribution < -0.4 is 0 Å². The topological polar surface area (TPSA) is 15.6 Å². The van der Waals surface area contributed by atoms with Crippen molar-refractivity contribution in [2.75, 3.05) is 13.1 Å². The van der Waals surface area contributed by atoms with Gasteiger partial charge in [0.1, 0.15) is 5.69 Å². The molecular weight excluding hydrogens is 369 g/mol. The molecule has 0 fully saturated rings. The zero-order valence-corrected chi connectivity index (χ0v) is 13.5. The van der Waals surface area contributed by atoms with Crippen LogP contribution in [0.4, 0.5) is 32.0 Å². The second kappa shape index (κ2) is 7.17. The van der Waals surface area contributed by atoms with E-state index in [9.17, 15) is 26.3 Å². The fourth-order valence-electron chi connectivity index (χ4n) is 1.78. The molecule has 0 N–H and O–H groups in total. The maximum absolute atomic E-state index is 13.1. The van der Waals surface area contributed by atoms with Crippen molar-refractivity contribution in [1.29, 1.82) is 0 Å². The summed E-state index contributed by atoms with van der Waals surface area (Å²) in [6.07, 6.45) is -9.53. The van der Waals surface area contributed by atoms with Crippen molar-refractivity contribution in [3.05, 3.63) is 27.7 Å². The number of aliphatic imine (C=N–C) groups is 1. The second-order valence-electron chi connectivity index (χ2n) is 4.39. The van der Waals surface area contributed by atoms with Crippen LogP contribution in [0.2, 0.25) is 10.0 Å². The van der Waals surface area contributed by atoms with Crippen molar-refractivity contribution in [2.24, 2.45) is 4.99 Å². The number of halogens is 8. The van der Waals surface area contributed by atoms with Crippen molar-refractivity contribution >= 4 is 34.7 Å². The monoisotopic (exact) mass is 380 g/mol. The van der Waals surface area contributed by atoms with E-state index in [4.69, 9.17) is 23.2 Å². The van der Waals surface area contributed by atoms with Crippen LogP contribution in [0.25, 0.3) is 0 Å². The summed E-state index contributed by atoms with van der Waals surface area (Å²) in [4.78, 5) is 4.29. The molecule has 0 heterocycles. The highest BCUT2D eigenvalue weighted by Crippen LogP contribution is 2.40. The normalized spacial score (nSPS) is 13.4. The molecule has 1 aromatic carbocycles. The van der Waals surface area contributed by atoms with Gasteiger partial charge in [-0.2, -0.15) is 26.3 Å². The lowest BCUT2D eigenvalue weighted by atomic mass is 10.2. The molecule has 2 nitrogen and oxygen atoms in total. The van der Waals surface area contributed by atoms with Gasteiger partial charge in [-0.05, 0) is 26.0 Å². The first-order valence-corrected chi connectivity index (χ1v) is 7.14. The van der Waals surface area contributed by atoms with Gasteiger partial charge < -0.3 is 4.90 Å². The first kappa shape index (κ1) is 19.9. The number of hydrogen-bond donors (Lipinski definition) is 0. The van der Waals surface area contributed by atoms with Crippen LogP contribution in [0.15, 0.2) is 17.1 Å². The van der Waals surface area contributed by atoms with Gasteiger partial charge in [-0.3, -0.25) is 0 Å². The molecule has 0 radical (unpaired) electrons. The van der Waals surface area contributed by atoms with Crippen LogP contribution in [0.3, 0.4) is 0 Å². The molecule has 0 saturated carbocycles. The fourth-order valence-corrected chi connectivity index (χ4v) is 2.35. The molecule has 1 rings (SSSR count). The molecule has 0 spiro atoms. The van der Waals surface area contributed by atoms with Gasteiger partial charge >= 0.3 is 12.4 Å². The summed E-state index contributed by atoms with van der Waals surface area (Å²) in [5.41, 5.74) is -1.72. The number of amidine groups is 1. The smallest absolute Gasteiger partial charge is 0.353 e. The molecule has 1 aromatic rings. The Morgan fingerprint density at radius 1 is 1.00 bits per heavy atom. The zero-order valence-electron chi connectivity index (χ0n) is 12.0. The van der Waals surface area contributed by atoms with Gasteiger partial charge in [0.05, 0.1) is 15.6 Å². The van der Waals surface area contributed by atoms with Gasteiger partial charge in [0.25, 0.3) is 0 Å². The Hall–Kier alpha value is -1.15. The van der Waals surface area contributed by atoms with Gasteiger partial charge in [-0.1, -0.05) is 23.2 Å². The number of benzene rings is 1. The third-order valence-electron chi connectivity index (χ3n) is 2.88. The van der Waals surface area contributed by atoms with Crippen LogP contribution in [0.1, 0.15) is 19.4 Å². The average Bonchev–Trinajstić information content (AvgIpc) is 2.39. The average molecular weight is 381 g/mol. The molecule has 0 atom stereocenters. The summed E-state index contributed by atoms with van der Waals surface area (Å²) >= 11 is 11.3. The number of hydrogen-bond acceptors (Lipinski definition) is 1. The molecule has 0 unspecified atom stereocenters. The lowest BCUT2D eigenvalue weighted by molar-refractivity contribution is -0.137. The van der Waals surface area contributed by atoms with E-state index < -0.39 is 39.5 Å². The highest BCUT2D eigenvalue weighted by atomic mass is 35.5. The Labute approximate surface area is 138 Å². The molecule has 0 aromatic heterocycles. The highest BCUT2D eigenvalue weighted by molar-refractivity contribution is 6.39. The van der Waals surface area contributed by atoms with Crippen molar-refractivity contribution in [2.45, 2.75) is 26.2 Å². The number of rotatable bonds is 3. The Kier molecular flexibility index (Phi) is 6.20. The minimum Gasteiger partial charge on any atom is -0.353 e.